The lowest BCUT2D eigenvalue weighted by atomic mass is 10.1. The Balaban J connectivity index is 2.02. The Labute approximate surface area is 142 Å². The van der Waals surface area contributed by atoms with Crippen molar-refractivity contribution in [2.24, 2.45) is 0 Å². The summed E-state index contributed by atoms with van der Waals surface area (Å²) in [7, 11) is 1.29. The lowest BCUT2D eigenvalue weighted by molar-refractivity contribution is -0.385. The first-order valence-electron chi connectivity index (χ1n) is 7.26. The van der Waals surface area contributed by atoms with E-state index in [0.717, 1.165) is 5.01 Å². The van der Waals surface area contributed by atoms with Gasteiger partial charge in [-0.25, -0.2) is 5.01 Å². The standard InChI is InChI=1S/C17H13N3O5/c1-25-15-11(6-5-9-14(15)20(23)24)10-13-16(21)18-19(17(13)22)12-7-3-2-4-8-12/h2-10H,1H3,(H,18,21). The normalized spacial score (nSPS) is 15.4. The smallest absolute Gasteiger partial charge is 0.311 e. The molecule has 0 radical (unpaired) electrons. The number of methoxy groups -OCH3 is 1. The van der Waals surface area contributed by atoms with Crippen LogP contribution >= 0.6 is 0 Å². The van der Waals surface area contributed by atoms with Crippen molar-refractivity contribution >= 4 is 29.3 Å². The number of amides is 2. The van der Waals surface area contributed by atoms with E-state index in [9.17, 15) is 19.7 Å². The van der Waals surface area contributed by atoms with Crippen LogP contribution < -0.4 is 15.2 Å². The van der Waals surface area contributed by atoms with Crippen LogP contribution in [0, 0.1) is 10.1 Å². The molecule has 1 N–H and O–H groups in total. The minimum Gasteiger partial charge on any atom is -0.490 e. The van der Waals surface area contributed by atoms with Gasteiger partial charge in [-0.1, -0.05) is 30.3 Å². The number of carbonyl (C=O) groups is 2. The molecule has 0 saturated carbocycles. The van der Waals surface area contributed by atoms with E-state index in [0.29, 0.717) is 5.69 Å². The fourth-order valence-corrected chi connectivity index (χ4v) is 2.49. The highest BCUT2D eigenvalue weighted by Crippen LogP contribution is 2.33. The number of hydrogen-bond acceptors (Lipinski definition) is 5. The second-order valence-corrected chi connectivity index (χ2v) is 5.13. The lowest BCUT2D eigenvalue weighted by Crippen LogP contribution is -2.35. The topological polar surface area (TPSA) is 102 Å². The maximum absolute atomic E-state index is 12.5. The van der Waals surface area contributed by atoms with Gasteiger partial charge in [0.15, 0.2) is 0 Å². The van der Waals surface area contributed by atoms with Crippen molar-refractivity contribution in [2.75, 3.05) is 12.1 Å². The van der Waals surface area contributed by atoms with E-state index in [1.807, 2.05) is 0 Å². The van der Waals surface area contributed by atoms with Gasteiger partial charge >= 0.3 is 5.69 Å². The molecule has 0 bridgehead atoms. The molecule has 0 spiro atoms. The van der Waals surface area contributed by atoms with E-state index in [1.165, 1.54) is 31.4 Å². The molecule has 1 aliphatic rings. The van der Waals surface area contributed by atoms with Gasteiger partial charge in [0.2, 0.25) is 5.75 Å². The number of para-hydroxylation sites is 2. The number of carbonyl (C=O) groups excluding carboxylic acids is 2. The molecule has 1 aliphatic heterocycles. The van der Waals surface area contributed by atoms with Crippen molar-refractivity contribution in [2.45, 2.75) is 0 Å². The van der Waals surface area contributed by atoms with Gasteiger partial charge in [0.25, 0.3) is 11.8 Å². The Morgan fingerprint density at radius 3 is 2.48 bits per heavy atom. The zero-order valence-electron chi connectivity index (χ0n) is 13.1. The zero-order chi connectivity index (χ0) is 18.0. The van der Waals surface area contributed by atoms with E-state index < -0.39 is 16.7 Å². The Morgan fingerprint density at radius 2 is 1.84 bits per heavy atom. The van der Waals surface area contributed by atoms with E-state index >= 15 is 0 Å². The molecule has 0 aliphatic carbocycles. The number of hydrogen-bond donors (Lipinski definition) is 1. The molecule has 2 aromatic rings. The molecule has 8 nitrogen and oxygen atoms in total. The molecule has 1 saturated heterocycles. The molecular weight excluding hydrogens is 326 g/mol. The van der Waals surface area contributed by atoms with Gasteiger partial charge in [-0.3, -0.25) is 25.1 Å². The first-order chi connectivity index (χ1) is 12.0. The largest absolute Gasteiger partial charge is 0.490 e. The van der Waals surface area contributed by atoms with Crippen LogP contribution in [0.25, 0.3) is 6.08 Å². The molecule has 1 fully saturated rings. The third-order valence-corrected chi connectivity index (χ3v) is 3.63. The van der Waals surface area contributed by atoms with E-state index in [2.05, 4.69) is 5.43 Å². The quantitative estimate of drug-likeness (QED) is 0.398. The number of nitrogens with one attached hydrogen (secondary N) is 1. The number of ether oxygens (including phenoxy) is 1. The van der Waals surface area contributed by atoms with Crippen LogP contribution in [0.1, 0.15) is 5.56 Å². The molecule has 2 aromatic carbocycles. The predicted octanol–water partition coefficient (Wildman–Crippen LogP) is 2.06. The first-order valence-corrected chi connectivity index (χ1v) is 7.26. The van der Waals surface area contributed by atoms with Crippen molar-refractivity contribution in [3.8, 4) is 5.75 Å². The molecule has 3 rings (SSSR count). The van der Waals surface area contributed by atoms with Crippen LogP contribution in [0.3, 0.4) is 0 Å². The molecule has 8 heteroatoms. The van der Waals surface area contributed by atoms with E-state index in [-0.39, 0.29) is 22.6 Å². The Hall–Kier alpha value is -3.68. The second kappa shape index (κ2) is 6.44. The molecule has 2 amide bonds. The first kappa shape index (κ1) is 16.2. The summed E-state index contributed by atoms with van der Waals surface area (Å²) in [5.74, 6) is -1.16. The minimum absolute atomic E-state index is 0.0150. The third-order valence-electron chi connectivity index (χ3n) is 3.63. The fraction of sp³-hybridized carbons (Fsp3) is 0.0588. The Kier molecular flexibility index (Phi) is 4.17. The zero-order valence-corrected chi connectivity index (χ0v) is 13.1. The monoisotopic (exact) mass is 339 g/mol. The number of hydrazine groups is 1. The van der Waals surface area contributed by atoms with Gasteiger partial charge in [-0.05, 0) is 18.2 Å². The molecular formula is C17H13N3O5. The average molecular weight is 339 g/mol. The number of nitrogens with zero attached hydrogens (tertiary/aromatic N) is 2. The van der Waals surface area contributed by atoms with Crippen LogP contribution in [0.2, 0.25) is 0 Å². The molecule has 25 heavy (non-hydrogen) atoms. The SMILES string of the molecule is COc1c(C=C2C(=O)NN(c3ccccc3)C2=O)cccc1[N+](=O)[O-]. The summed E-state index contributed by atoms with van der Waals surface area (Å²) < 4.78 is 5.09. The van der Waals surface area contributed by atoms with Crippen molar-refractivity contribution in [1.29, 1.82) is 0 Å². The number of benzene rings is 2. The molecule has 0 aromatic heterocycles. The minimum atomic E-state index is -0.595. The van der Waals surface area contributed by atoms with Crippen LogP contribution in [-0.2, 0) is 9.59 Å². The lowest BCUT2D eigenvalue weighted by Gasteiger charge is -2.13. The second-order valence-electron chi connectivity index (χ2n) is 5.13. The Bertz CT molecular complexity index is 892. The number of rotatable bonds is 4. The van der Waals surface area contributed by atoms with Gasteiger partial charge in [-0.15, -0.1) is 0 Å². The molecule has 0 atom stereocenters. The van der Waals surface area contributed by atoms with Gasteiger partial charge < -0.3 is 4.74 Å². The van der Waals surface area contributed by atoms with Crippen molar-refractivity contribution in [3.63, 3.8) is 0 Å². The van der Waals surface area contributed by atoms with Gasteiger partial charge in [0, 0.05) is 11.6 Å². The summed E-state index contributed by atoms with van der Waals surface area (Å²) >= 11 is 0. The number of anilines is 1. The summed E-state index contributed by atoms with van der Waals surface area (Å²) in [6.07, 6.45) is 1.28. The van der Waals surface area contributed by atoms with Crippen LogP contribution in [0.15, 0.2) is 54.1 Å². The average Bonchev–Trinajstić information content (AvgIpc) is 2.90. The van der Waals surface area contributed by atoms with Crippen LogP contribution in [0.5, 0.6) is 5.75 Å². The summed E-state index contributed by atoms with van der Waals surface area (Å²) in [5, 5.41) is 12.2. The van der Waals surface area contributed by atoms with Gasteiger partial charge in [0.05, 0.1) is 17.7 Å². The van der Waals surface area contributed by atoms with Crippen molar-refractivity contribution < 1.29 is 19.2 Å². The molecule has 126 valence electrons. The van der Waals surface area contributed by atoms with Crippen LogP contribution in [-0.4, -0.2) is 23.8 Å². The maximum atomic E-state index is 12.5. The van der Waals surface area contributed by atoms with Crippen LogP contribution in [0.4, 0.5) is 11.4 Å². The molecule has 1 heterocycles. The third kappa shape index (κ3) is 2.92. The maximum Gasteiger partial charge on any atom is 0.311 e. The van der Waals surface area contributed by atoms with E-state index in [4.69, 9.17) is 4.74 Å². The molecule has 0 unspecified atom stereocenters. The predicted molar refractivity (Wildman–Crippen MR) is 89.7 cm³/mol. The highest BCUT2D eigenvalue weighted by Gasteiger charge is 2.34. The van der Waals surface area contributed by atoms with E-state index in [1.54, 1.807) is 30.3 Å². The highest BCUT2D eigenvalue weighted by molar-refractivity contribution is 6.31. The number of nitro groups is 1. The van der Waals surface area contributed by atoms with Crippen molar-refractivity contribution in [3.05, 3.63) is 69.8 Å². The summed E-state index contributed by atoms with van der Waals surface area (Å²) in [6.45, 7) is 0. The van der Waals surface area contributed by atoms with Crippen molar-refractivity contribution in [1.82, 2.24) is 5.43 Å². The fourth-order valence-electron chi connectivity index (χ4n) is 2.49. The summed E-state index contributed by atoms with van der Waals surface area (Å²) in [4.78, 5) is 35.2. The van der Waals surface area contributed by atoms with Gasteiger partial charge in [0.1, 0.15) is 5.57 Å². The Morgan fingerprint density at radius 1 is 1.12 bits per heavy atom. The summed E-state index contributed by atoms with van der Waals surface area (Å²) in [6, 6.07) is 12.9. The van der Waals surface area contributed by atoms with Gasteiger partial charge in [-0.2, -0.15) is 0 Å². The highest BCUT2D eigenvalue weighted by atomic mass is 16.6. The summed E-state index contributed by atoms with van der Waals surface area (Å²) in [5.41, 5.74) is 2.86. The number of nitro benzene ring substituents is 1.